The Morgan fingerprint density at radius 1 is 1.44 bits per heavy atom. The van der Waals surface area contributed by atoms with Crippen LogP contribution in [0.2, 0.25) is 0 Å². The summed E-state index contributed by atoms with van der Waals surface area (Å²) in [6.45, 7) is 3.15. The van der Waals surface area contributed by atoms with Gasteiger partial charge in [-0.3, -0.25) is 0 Å². The van der Waals surface area contributed by atoms with Gasteiger partial charge in [0.2, 0.25) is 0 Å². The molecule has 0 bridgehead atoms. The van der Waals surface area contributed by atoms with Crippen LogP contribution in [0.1, 0.15) is 39.0 Å². The summed E-state index contributed by atoms with van der Waals surface area (Å²) in [5.41, 5.74) is 0.168. The Balaban J connectivity index is 2.68. The predicted octanol–water partition coefficient (Wildman–Crippen LogP) is 3.66. The minimum absolute atomic E-state index is 0.0919. The quantitative estimate of drug-likeness (QED) is 0.540. The fourth-order valence-corrected chi connectivity index (χ4v) is 2.22. The number of esters is 1. The fourth-order valence-electron chi connectivity index (χ4n) is 2.22. The molecule has 0 saturated heterocycles. The van der Waals surface area contributed by atoms with Gasteiger partial charge in [0.05, 0.1) is 6.42 Å². The van der Waals surface area contributed by atoms with E-state index in [1.807, 2.05) is 0 Å². The molecule has 1 aliphatic rings. The average Bonchev–Trinajstić information content (AvgIpc) is 2.81. The van der Waals surface area contributed by atoms with E-state index in [2.05, 4.69) is 6.58 Å². The highest BCUT2D eigenvalue weighted by atomic mass is 19.3. The molecule has 0 amide bonds. The van der Waals surface area contributed by atoms with Crippen LogP contribution in [0.25, 0.3) is 0 Å². The monoisotopic (exact) mass is 264 g/mol. The molecular formula is C13H19F3O2. The molecule has 1 atom stereocenters. The van der Waals surface area contributed by atoms with Gasteiger partial charge in [0.1, 0.15) is 6.10 Å². The van der Waals surface area contributed by atoms with Crippen LogP contribution in [0.3, 0.4) is 0 Å². The normalized spacial score (nSPS) is 18.7. The molecule has 2 nitrogen and oxygen atoms in total. The Kier molecular flexibility index (Phi) is 5.23. The van der Waals surface area contributed by atoms with Crippen molar-refractivity contribution in [1.82, 2.24) is 0 Å². The van der Waals surface area contributed by atoms with Gasteiger partial charge in [0, 0.05) is 5.57 Å². The molecule has 5 heteroatoms. The summed E-state index contributed by atoms with van der Waals surface area (Å²) in [6.07, 6.45) is 1.71. The van der Waals surface area contributed by atoms with Gasteiger partial charge in [0.25, 0.3) is 5.92 Å². The standard InChI is InChI=1S/C13H19F3O2/c1-9(2)12(17)18-11(7-13(15,16)8-14)10-5-3-4-6-10/h10-11H,1,3-8H2,2H3. The predicted molar refractivity (Wildman–Crippen MR) is 62.2 cm³/mol. The molecule has 0 aromatic carbocycles. The van der Waals surface area contributed by atoms with Crippen LogP contribution in [-0.4, -0.2) is 24.7 Å². The first-order valence-corrected chi connectivity index (χ1v) is 6.16. The van der Waals surface area contributed by atoms with E-state index in [0.29, 0.717) is 0 Å². The third-order valence-electron chi connectivity index (χ3n) is 3.23. The summed E-state index contributed by atoms with van der Waals surface area (Å²) in [5, 5.41) is 0. The topological polar surface area (TPSA) is 26.3 Å². The van der Waals surface area contributed by atoms with Gasteiger partial charge in [-0.2, -0.15) is 0 Å². The van der Waals surface area contributed by atoms with Crippen LogP contribution in [0.5, 0.6) is 0 Å². The number of rotatable bonds is 6. The van der Waals surface area contributed by atoms with Gasteiger partial charge in [0.15, 0.2) is 6.67 Å². The first kappa shape index (κ1) is 15.1. The molecule has 0 aromatic heterocycles. The molecule has 18 heavy (non-hydrogen) atoms. The first-order valence-electron chi connectivity index (χ1n) is 6.16. The highest BCUT2D eigenvalue weighted by Gasteiger charge is 2.39. The largest absolute Gasteiger partial charge is 0.459 e. The van der Waals surface area contributed by atoms with Crippen LogP contribution >= 0.6 is 0 Å². The lowest BCUT2D eigenvalue weighted by atomic mass is 9.95. The molecule has 0 heterocycles. The zero-order valence-corrected chi connectivity index (χ0v) is 10.6. The maximum absolute atomic E-state index is 13.1. The number of alkyl halides is 3. The van der Waals surface area contributed by atoms with Crippen LogP contribution in [0, 0.1) is 5.92 Å². The second kappa shape index (κ2) is 6.25. The lowest BCUT2D eigenvalue weighted by Gasteiger charge is -2.26. The molecule has 0 aliphatic heterocycles. The van der Waals surface area contributed by atoms with Crippen molar-refractivity contribution in [3.05, 3.63) is 12.2 Å². The van der Waals surface area contributed by atoms with E-state index < -0.39 is 31.1 Å². The second-order valence-corrected chi connectivity index (χ2v) is 4.96. The number of hydrogen-bond acceptors (Lipinski definition) is 2. The summed E-state index contributed by atoms with van der Waals surface area (Å²) in [7, 11) is 0. The third-order valence-corrected chi connectivity index (χ3v) is 3.23. The van der Waals surface area contributed by atoms with E-state index in [4.69, 9.17) is 4.74 Å². The summed E-state index contributed by atoms with van der Waals surface area (Å²) in [6, 6.07) is 0. The van der Waals surface area contributed by atoms with E-state index in [1.165, 1.54) is 6.92 Å². The minimum atomic E-state index is -3.43. The van der Waals surface area contributed by atoms with E-state index in [1.54, 1.807) is 0 Å². The van der Waals surface area contributed by atoms with Gasteiger partial charge in [-0.15, -0.1) is 0 Å². The number of halogens is 3. The van der Waals surface area contributed by atoms with Crippen LogP contribution in [-0.2, 0) is 9.53 Å². The van der Waals surface area contributed by atoms with E-state index in [0.717, 1.165) is 25.7 Å². The Bertz CT molecular complexity index is 309. The lowest BCUT2D eigenvalue weighted by Crippen LogP contribution is -2.34. The average molecular weight is 264 g/mol. The van der Waals surface area contributed by atoms with E-state index >= 15 is 0 Å². The summed E-state index contributed by atoms with van der Waals surface area (Å²) in [4.78, 5) is 11.4. The SMILES string of the molecule is C=C(C)C(=O)OC(CC(F)(F)CF)C1CCCC1. The molecular weight excluding hydrogens is 245 g/mol. The van der Waals surface area contributed by atoms with Crippen molar-refractivity contribution in [2.45, 2.75) is 51.1 Å². The van der Waals surface area contributed by atoms with E-state index in [9.17, 15) is 18.0 Å². The van der Waals surface area contributed by atoms with Crippen molar-refractivity contribution in [2.75, 3.05) is 6.67 Å². The molecule has 1 rings (SSSR count). The van der Waals surface area contributed by atoms with Crippen LogP contribution < -0.4 is 0 Å². The van der Waals surface area contributed by atoms with E-state index in [-0.39, 0.29) is 11.5 Å². The van der Waals surface area contributed by atoms with Gasteiger partial charge in [-0.25, -0.2) is 18.0 Å². The van der Waals surface area contributed by atoms with Gasteiger partial charge in [-0.1, -0.05) is 19.4 Å². The van der Waals surface area contributed by atoms with Crippen LogP contribution in [0.15, 0.2) is 12.2 Å². The second-order valence-electron chi connectivity index (χ2n) is 4.96. The Hall–Kier alpha value is -1.00. The Morgan fingerprint density at radius 2 is 2.00 bits per heavy atom. The molecule has 0 aromatic rings. The molecule has 1 saturated carbocycles. The molecule has 0 N–H and O–H groups in total. The van der Waals surface area contributed by atoms with Crippen molar-refractivity contribution in [2.24, 2.45) is 5.92 Å². The Labute approximate surface area is 105 Å². The fraction of sp³-hybridized carbons (Fsp3) is 0.769. The summed E-state index contributed by atoms with van der Waals surface area (Å²) >= 11 is 0. The summed E-state index contributed by atoms with van der Waals surface area (Å²) in [5.74, 6) is -4.20. The molecule has 0 radical (unpaired) electrons. The number of carbonyl (C=O) groups is 1. The highest BCUT2D eigenvalue weighted by molar-refractivity contribution is 5.87. The maximum Gasteiger partial charge on any atom is 0.333 e. The van der Waals surface area contributed by atoms with Crippen molar-refractivity contribution < 1.29 is 22.7 Å². The molecule has 0 spiro atoms. The van der Waals surface area contributed by atoms with Crippen LogP contribution in [0.4, 0.5) is 13.2 Å². The summed E-state index contributed by atoms with van der Waals surface area (Å²) < 4.78 is 43.5. The van der Waals surface area contributed by atoms with Crippen molar-refractivity contribution >= 4 is 5.97 Å². The van der Waals surface area contributed by atoms with Crippen molar-refractivity contribution in [3.8, 4) is 0 Å². The Morgan fingerprint density at radius 3 is 2.44 bits per heavy atom. The van der Waals surface area contributed by atoms with Gasteiger partial charge in [-0.05, 0) is 25.7 Å². The molecule has 1 aliphatic carbocycles. The van der Waals surface area contributed by atoms with Crippen molar-refractivity contribution in [1.29, 1.82) is 0 Å². The molecule has 1 fully saturated rings. The zero-order valence-electron chi connectivity index (χ0n) is 10.6. The van der Waals surface area contributed by atoms with Gasteiger partial charge >= 0.3 is 5.97 Å². The number of ether oxygens (including phenoxy) is 1. The minimum Gasteiger partial charge on any atom is -0.459 e. The smallest absolute Gasteiger partial charge is 0.333 e. The third kappa shape index (κ3) is 4.35. The maximum atomic E-state index is 13.1. The number of hydrogen-bond donors (Lipinski definition) is 0. The highest BCUT2D eigenvalue weighted by Crippen LogP contribution is 2.35. The molecule has 104 valence electrons. The first-order chi connectivity index (χ1) is 8.35. The zero-order chi connectivity index (χ0) is 13.8. The number of carbonyl (C=O) groups excluding carboxylic acids is 1. The van der Waals surface area contributed by atoms with Crippen molar-refractivity contribution in [3.63, 3.8) is 0 Å². The molecule has 1 unspecified atom stereocenters. The van der Waals surface area contributed by atoms with Gasteiger partial charge < -0.3 is 4.74 Å². The lowest BCUT2D eigenvalue weighted by molar-refractivity contribution is -0.153.